The zero-order valence-electron chi connectivity index (χ0n) is 15.0. The van der Waals surface area contributed by atoms with Crippen molar-refractivity contribution in [2.75, 3.05) is 20.7 Å². The number of benzene rings is 2. The Morgan fingerprint density at radius 3 is 2.58 bits per heavy atom. The number of carbonyl (C=O) groups excluding carboxylic acids is 2. The first kappa shape index (κ1) is 19.8. The van der Waals surface area contributed by atoms with Gasteiger partial charge in [0.05, 0.1) is 13.5 Å². The molecule has 6 heteroatoms. The molecule has 2 aromatic rings. The number of nitrogens with one attached hydrogen (secondary N) is 1. The lowest BCUT2D eigenvalue weighted by Gasteiger charge is -2.19. The smallest absolute Gasteiger partial charge is 0.224 e. The molecule has 0 heterocycles. The van der Waals surface area contributed by atoms with Gasteiger partial charge in [0, 0.05) is 37.1 Å². The minimum absolute atomic E-state index is 0.0629. The van der Waals surface area contributed by atoms with E-state index < -0.39 is 0 Å². The summed E-state index contributed by atoms with van der Waals surface area (Å²) in [6.07, 6.45) is 0.546. The van der Waals surface area contributed by atoms with Crippen molar-refractivity contribution in [2.45, 2.75) is 19.4 Å². The maximum atomic E-state index is 12.3. The molecule has 0 saturated heterocycles. The van der Waals surface area contributed by atoms with Gasteiger partial charge in [0.15, 0.2) is 0 Å². The third kappa shape index (κ3) is 6.08. The highest BCUT2D eigenvalue weighted by Gasteiger charge is 2.13. The molecule has 5 nitrogen and oxygen atoms in total. The highest BCUT2D eigenvalue weighted by atomic mass is 35.5. The molecule has 0 spiro atoms. The van der Waals surface area contributed by atoms with Gasteiger partial charge in [-0.25, -0.2) is 0 Å². The molecule has 0 bridgehead atoms. The van der Waals surface area contributed by atoms with Crippen molar-refractivity contribution < 1.29 is 14.3 Å². The minimum Gasteiger partial charge on any atom is -0.496 e. The van der Waals surface area contributed by atoms with Gasteiger partial charge in [-0.05, 0) is 23.8 Å². The predicted molar refractivity (Wildman–Crippen MR) is 102 cm³/mol. The van der Waals surface area contributed by atoms with Gasteiger partial charge in [0.1, 0.15) is 5.75 Å². The lowest BCUT2D eigenvalue weighted by Crippen LogP contribution is -2.32. The van der Waals surface area contributed by atoms with Crippen LogP contribution in [0.15, 0.2) is 48.5 Å². The van der Waals surface area contributed by atoms with Crippen LogP contribution in [0, 0.1) is 0 Å². The average Bonchev–Trinajstić information content (AvgIpc) is 2.62. The molecule has 0 fully saturated rings. The van der Waals surface area contributed by atoms with Crippen LogP contribution < -0.4 is 10.1 Å². The van der Waals surface area contributed by atoms with Crippen LogP contribution in [0.3, 0.4) is 0 Å². The first-order chi connectivity index (χ1) is 12.5. The lowest BCUT2D eigenvalue weighted by atomic mass is 10.1. The van der Waals surface area contributed by atoms with Crippen molar-refractivity contribution in [1.82, 2.24) is 10.2 Å². The molecular formula is C20H23ClN2O3. The summed E-state index contributed by atoms with van der Waals surface area (Å²) in [5.41, 5.74) is 1.78. The Hall–Kier alpha value is -2.53. The zero-order valence-corrected chi connectivity index (χ0v) is 15.8. The quantitative estimate of drug-likeness (QED) is 0.772. The molecule has 0 unspecified atom stereocenters. The molecular weight excluding hydrogens is 352 g/mol. The van der Waals surface area contributed by atoms with Crippen LogP contribution in [0.5, 0.6) is 5.75 Å². The van der Waals surface area contributed by atoms with Crippen molar-refractivity contribution in [3.8, 4) is 5.75 Å². The van der Waals surface area contributed by atoms with E-state index in [2.05, 4.69) is 5.32 Å². The summed E-state index contributed by atoms with van der Waals surface area (Å²) in [5.74, 6) is 0.528. The van der Waals surface area contributed by atoms with Crippen molar-refractivity contribution in [3.63, 3.8) is 0 Å². The maximum Gasteiger partial charge on any atom is 0.224 e. The summed E-state index contributed by atoms with van der Waals surface area (Å²) in [6.45, 7) is 0.696. The number of hydrogen-bond donors (Lipinski definition) is 1. The van der Waals surface area contributed by atoms with E-state index >= 15 is 0 Å². The molecule has 0 aliphatic heterocycles. The lowest BCUT2D eigenvalue weighted by molar-refractivity contribution is -0.130. The molecule has 0 aliphatic carbocycles. The largest absolute Gasteiger partial charge is 0.496 e. The SMILES string of the molecule is COc1ccc(Cl)cc1CN(C)C(=O)CCNC(=O)Cc1ccccc1. The van der Waals surface area contributed by atoms with Crippen molar-refractivity contribution in [2.24, 2.45) is 0 Å². The van der Waals surface area contributed by atoms with Crippen molar-refractivity contribution in [1.29, 1.82) is 0 Å². The van der Waals surface area contributed by atoms with E-state index in [1.165, 1.54) is 0 Å². The van der Waals surface area contributed by atoms with E-state index in [4.69, 9.17) is 16.3 Å². The predicted octanol–water partition coefficient (Wildman–Crippen LogP) is 3.06. The van der Waals surface area contributed by atoms with Gasteiger partial charge in [-0.15, -0.1) is 0 Å². The molecule has 2 aromatic carbocycles. The number of rotatable bonds is 8. The van der Waals surface area contributed by atoms with Crippen molar-refractivity contribution in [3.05, 3.63) is 64.7 Å². The van der Waals surface area contributed by atoms with Crippen LogP contribution >= 0.6 is 11.6 Å². The van der Waals surface area contributed by atoms with Crippen LogP contribution in [-0.2, 0) is 22.6 Å². The van der Waals surface area contributed by atoms with Gasteiger partial charge in [-0.3, -0.25) is 9.59 Å². The van der Waals surface area contributed by atoms with Crippen LogP contribution in [-0.4, -0.2) is 37.4 Å². The standard InChI is InChI=1S/C20H23ClN2O3/c1-23(14-16-13-17(21)8-9-18(16)26-2)20(25)10-11-22-19(24)12-15-6-4-3-5-7-15/h3-9,13H,10-12,14H2,1-2H3,(H,22,24). The summed E-state index contributed by atoms with van der Waals surface area (Å²) < 4.78 is 5.30. The van der Waals surface area contributed by atoms with E-state index in [1.807, 2.05) is 30.3 Å². The minimum atomic E-state index is -0.0943. The first-order valence-electron chi connectivity index (χ1n) is 8.36. The Morgan fingerprint density at radius 1 is 1.15 bits per heavy atom. The Bertz CT molecular complexity index is 750. The van der Waals surface area contributed by atoms with Crippen LogP contribution in [0.4, 0.5) is 0 Å². The highest BCUT2D eigenvalue weighted by molar-refractivity contribution is 6.30. The van der Waals surface area contributed by atoms with E-state index in [1.54, 1.807) is 37.3 Å². The highest BCUT2D eigenvalue weighted by Crippen LogP contribution is 2.23. The third-order valence-electron chi connectivity index (χ3n) is 3.94. The van der Waals surface area contributed by atoms with Crippen LogP contribution in [0.1, 0.15) is 17.5 Å². The number of amides is 2. The molecule has 138 valence electrons. The molecule has 0 atom stereocenters. The Kier molecular flexibility index (Phi) is 7.48. The molecule has 26 heavy (non-hydrogen) atoms. The van der Waals surface area contributed by atoms with E-state index in [-0.39, 0.29) is 18.2 Å². The molecule has 0 saturated carbocycles. The Balaban J connectivity index is 1.78. The van der Waals surface area contributed by atoms with Gasteiger partial charge >= 0.3 is 0 Å². The summed E-state index contributed by atoms with van der Waals surface area (Å²) >= 11 is 6.02. The van der Waals surface area contributed by atoms with E-state index in [9.17, 15) is 9.59 Å². The molecule has 2 rings (SSSR count). The Morgan fingerprint density at radius 2 is 1.88 bits per heavy atom. The maximum absolute atomic E-state index is 12.3. The number of methoxy groups -OCH3 is 1. The van der Waals surface area contributed by atoms with Gasteiger partial charge < -0.3 is 15.0 Å². The second-order valence-electron chi connectivity index (χ2n) is 5.97. The molecule has 2 amide bonds. The van der Waals surface area contributed by atoms with Crippen LogP contribution in [0.2, 0.25) is 5.02 Å². The van der Waals surface area contributed by atoms with Crippen molar-refractivity contribution >= 4 is 23.4 Å². The van der Waals surface area contributed by atoms with E-state index in [0.29, 0.717) is 30.3 Å². The van der Waals surface area contributed by atoms with E-state index in [0.717, 1.165) is 11.1 Å². The van der Waals surface area contributed by atoms with Crippen LogP contribution in [0.25, 0.3) is 0 Å². The van der Waals surface area contributed by atoms with Gasteiger partial charge in [0.2, 0.25) is 11.8 Å². The van der Waals surface area contributed by atoms with Gasteiger partial charge in [0.25, 0.3) is 0 Å². The fraction of sp³-hybridized carbons (Fsp3) is 0.300. The number of halogens is 1. The second kappa shape index (κ2) is 9.82. The normalized spacial score (nSPS) is 10.3. The Labute approximate surface area is 158 Å². The summed E-state index contributed by atoms with van der Waals surface area (Å²) in [6, 6.07) is 14.8. The fourth-order valence-electron chi connectivity index (χ4n) is 2.56. The molecule has 0 aromatic heterocycles. The first-order valence-corrected chi connectivity index (χ1v) is 8.74. The second-order valence-corrected chi connectivity index (χ2v) is 6.40. The number of nitrogens with zero attached hydrogens (tertiary/aromatic N) is 1. The summed E-state index contributed by atoms with van der Waals surface area (Å²) in [5, 5.41) is 3.37. The summed E-state index contributed by atoms with van der Waals surface area (Å²) in [4.78, 5) is 25.8. The monoisotopic (exact) mass is 374 g/mol. The number of carbonyl (C=O) groups is 2. The number of ether oxygens (including phenoxy) is 1. The molecule has 0 radical (unpaired) electrons. The fourth-order valence-corrected chi connectivity index (χ4v) is 2.75. The number of hydrogen-bond acceptors (Lipinski definition) is 3. The summed E-state index contributed by atoms with van der Waals surface area (Å²) in [7, 11) is 3.30. The average molecular weight is 375 g/mol. The van der Waals surface area contributed by atoms with Gasteiger partial charge in [-0.2, -0.15) is 0 Å². The van der Waals surface area contributed by atoms with Gasteiger partial charge in [-0.1, -0.05) is 41.9 Å². The topological polar surface area (TPSA) is 58.6 Å². The zero-order chi connectivity index (χ0) is 18.9. The molecule has 0 aliphatic rings. The molecule has 1 N–H and O–H groups in total. The third-order valence-corrected chi connectivity index (χ3v) is 4.18.